The Kier molecular flexibility index (Phi) is 6.75. The van der Waals surface area contributed by atoms with E-state index in [0.717, 1.165) is 16.7 Å². The molecule has 1 atom stereocenters. The van der Waals surface area contributed by atoms with E-state index in [1.165, 1.54) is 0 Å². The van der Waals surface area contributed by atoms with E-state index in [2.05, 4.69) is 11.4 Å². The van der Waals surface area contributed by atoms with Gasteiger partial charge in [-0.25, -0.2) is 0 Å². The predicted octanol–water partition coefficient (Wildman–Crippen LogP) is 3.09. The Hall–Kier alpha value is -2.62. The van der Waals surface area contributed by atoms with Gasteiger partial charge in [0.1, 0.15) is 6.04 Å². The zero-order chi connectivity index (χ0) is 18.2. The summed E-state index contributed by atoms with van der Waals surface area (Å²) in [5.74, 6) is -0.167. The van der Waals surface area contributed by atoms with E-state index in [0.29, 0.717) is 19.4 Å². The van der Waals surface area contributed by atoms with E-state index in [-0.39, 0.29) is 11.8 Å². The van der Waals surface area contributed by atoms with Gasteiger partial charge in [0, 0.05) is 13.6 Å². The van der Waals surface area contributed by atoms with Gasteiger partial charge in [-0.05, 0) is 24.5 Å². The fourth-order valence-corrected chi connectivity index (χ4v) is 2.97. The third kappa shape index (κ3) is 5.18. The zero-order valence-corrected chi connectivity index (χ0v) is 15.2. The number of rotatable bonds is 7. The summed E-state index contributed by atoms with van der Waals surface area (Å²) in [6.45, 7) is 4.38. The third-order valence-electron chi connectivity index (χ3n) is 4.27. The van der Waals surface area contributed by atoms with Gasteiger partial charge >= 0.3 is 0 Å². The van der Waals surface area contributed by atoms with Crippen molar-refractivity contribution in [3.05, 3.63) is 71.3 Å². The lowest BCUT2D eigenvalue weighted by atomic mass is 10.1. The number of likely N-dealkylation sites (N-methyl/N-ethyl adjacent to an activating group) is 1. The average molecular weight is 338 g/mol. The molecule has 0 aliphatic rings. The maximum Gasteiger partial charge on any atom is 0.242 e. The summed E-state index contributed by atoms with van der Waals surface area (Å²) < 4.78 is 0. The van der Waals surface area contributed by atoms with Crippen LogP contribution in [0.5, 0.6) is 0 Å². The second kappa shape index (κ2) is 9.02. The molecule has 1 N–H and O–H groups in total. The molecular weight excluding hydrogens is 312 g/mol. The molecule has 0 radical (unpaired) electrons. The highest BCUT2D eigenvalue weighted by molar-refractivity contribution is 5.88. The number of carbonyl (C=O) groups is 2. The molecule has 0 aliphatic carbocycles. The molecule has 4 nitrogen and oxygen atoms in total. The van der Waals surface area contributed by atoms with Crippen molar-refractivity contribution in [3.63, 3.8) is 0 Å². The fourth-order valence-electron chi connectivity index (χ4n) is 2.97. The largest absolute Gasteiger partial charge is 0.357 e. The number of hydrogen-bond acceptors (Lipinski definition) is 2. The number of nitrogens with zero attached hydrogens (tertiary/aromatic N) is 1. The lowest BCUT2D eigenvalue weighted by Gasteiger charge is -2.30. The summed E-state index contributed by atoms with van der Waals surface area (Å²) in [4.78, 5) is 27.0. The number of benzene rings is 2. The number of carbonyl (C=O) groups excluding carboxylic acids is 2. The van der Waals surface area contributed by atoms with Crippen molar-refractivity contribution >= 4 is 11.8 Å². The first-order valence-electron chi connectivity index (χ1n) is 8.65. The Morgan fingerprint density at radius 2 is 1.72 bits per heavy atom. The molecule has 0 bridgehead atoms. The summed E-state index contributed by atoms with van der Waals surface area (Å²) in [5.41, 5.74) is 3.12. The Labute approximate surface area is 149 Å². The lowest BCUT2D eigenvalue weighted by Crippen LogP contribution is -2.48. The van der Waals surface area contributed by atoms with Gasteiger partial charge in [-0.15, -0.1) is 0 Å². The fraction of sp³-hybridized carbons (Fsp3) is 0.333. The third-order valence-corrected chi connectivity index (χ3v) is 4.27. The van der Waals surface area contributed by atoms with Crippen molar-refractivity contribution in [2.45, 2.75) is 39.3 Å². The van der Waals surface area contributed by atoms with Gasteiger partial charge < -0.3 is 10.2 Å². The maximum absolute atomic E-state index is 13.0. The van der Waals surface area contributed by atoms with Crippen LogP contribution in [0.2, 0.25) is 0 Å². The molecule has 4 heteroatoms. The Morgan fingerprint density at radius 3 is 2.32 bits per heavy atom. The molecule has 2 aromatic rings. The minimum absolute atomic E-state index is 0.0387. The number of amides is 2. The predicted molar refractivity (Wildman–Crippen MR) is 100 cm³/mol. The molecule has 0 saturated heterocycles. The Morgan fingerprint density at radius 1 is 1.04 bits per heavy atom. The minimum Gasteiger partial charge on any atom is -0.357 e. The summed E-state index contributed by atoms with van der Waals surface area (Å²) in [6.07, 6.45) is 0.867. The molecule has 0 spiro atoms. The van der Waals surface area contributed by atoms with Crippen LogP contribution in [-0.4, -0.2) is 29.8 Å². The average Bonchev–Trinajstić information content (AvgIpc) is 2.62. The first-order chi connectivity index (χ1) is 12.0. The van der Waals surface area contributed by atoms with E-state index < -0.39 is 6.04 Å². The standard InChI is InChI=1S/C21H26N2O2/c1-4-19(21(25)22-3)23(15-18-12-8-9-16(2)13-18)20(24)14-17-10-6-5-7-11-17/h5-13,19H,4,14-15H2,1-3H3,(H,22,25)/t19-/m0/s1. The molecule has 0 fully saturated rings. The molecule has 132 valence electrons. The van der Waals surface area contributed by atoms with E-state index in [9.17, 15) is 9.59 Å². The second-order valence-electron chi connectivity index (χ2n) is 6.21. The second-order valence-corrected chi connectivity index (χ2v) is 6.21. The summed E-state index contributed by atoms with van der Waals surface area (Å²) in [6, 6.07) is 17.2. The molecule has 0 unspecified atom stereocenters. The van der Waals surface area contributed by atoms with E-state index >= 15 is 0 Å². The molecule has 0 saturated carbocycles. The van der Waals surface area contributed by atoms with E-state index in [1.54, 1.807) is 11.9 Å². The molecule has 2 aromatic carbocycles. The van der Waals surface area contributed by atoms with Crippen molar-refractivity contribution in [1.82, 2.24) is 10.2 Å². The summed E-state index contributed by atoms with van der Waals surface area (Å²) in [7, 11) is 1.61. The van der Waals surface area contributed by atoms with Gasteiger partial charge in [0.25, 0.3) is 0 Å². The smallest absolute Gasteiger partial charge is 0.242 e. The topological polar surface area (TPSA) is 49.4 Å². The first-order valence-corrected chi connectivity index (χ1v) is 8.65. The van der Waals surface area contributed by atoms with Gasteiger partial charge in [0.2, 0.25) is 11.8 Å². The molecule has 2 rings (SSSR count). The van der Waals surface area contributed by atoms with Gasteiger partial charge in [-0.3, -0.25) is 9.59 Å². The van der Waals surface area contributed by atoms with Crippen LogP contribution in [0.1, 0.15) is 30.0 Å². The minimum atomic E-state index is -0.471. The quantitative estimate of drug-likeness (QED) is 0.843. The highest BCUT2D eigenvalue weighted by Gasteiger charge is 2.27. The first kappa shape index (κ1) is 18.7. The number of nitrogens with one attached hydrogen (secondary N) is 1. The molecule has 0 heterocycles. The van der Waals surface area contributed by atoms with Gasteiger partial charge in [-0.1, -0.05) is 67.1 Å². The molecule has 0 aliphatic heterocycles. The highest BCUT2D eigenvalue weighted by Crippen LogP contribution is 2.15. The summed E-state index contributed by atoms with van der Waals surface area (Å²) >= 11 is 0. The highest BCUT2D eigenvalue weighted by atomic mass is 16.2. The van der Waals surface area contributed by atoms with Gasteiger partial charge in [-0.2, -0.15) is 0 Å². The molecular formula is C21H26N2O2. The van der Waals surface area contributed by atoms with E-state index in [4.69, 9.17) is 0 Å². The van der Waals surface area contributed by atoms with Crippen molar-refractivity contribution < 1.29 is 9.59 Å². The lowest BCUT2D eigenvalue weighted by molar-refractivity contribution is -0.140. The van der Waals surface area contributed by atoms with Crippen LogP contribution >= 0.6 is 0 Å². The Bertz CT molecular complexity index is 713. The van der Waals surface area contributed by atoms with Crippen LogP contribution in [0.3, 0.4) is 0 Å². The van der Waals surface area contributed by atoms with Crippen LogP contribution in [0.4, 0.5) is 0 Å². The van der Waals surface area contributed by atoms with Crippen LogP contribution in [0, 0.1) is 6.92 Å². The number of aryl methyl sites for hydroxylation is 1. The molecule has 25 heavy (non-hydrogen) atoms. The molecule has 0 aromatic heterocycles. The van der Waals surface area contributed by atoms with Crippen LogP contribution in [0.15, 0.2) is 54.6 Å². The Balaban J connectivity index is 2.27. The van der Waals surface area contributed by atoms with Gasteiger partial charge in [0.15, 0.2) is 0 Å². The zero-order valence-electron chi connectivity index (χ0n) is 15.2. The normalized spacial score (nSPS) is 11.6. The van der Waals surface area contributed by atoms with Crippen molar-refractivity contribution in [1.29, 1.82) is 0 Å². The summed E-state index contributed by atoms with van der Waals surface area (Å²) in [5, 5.41) is 2.68. The van der Waals surface area contributed by atoms with Crippen LogP contribution in [0.25, 0.3) is 0 Å². The van der Waals surface area contributed by atoms with Crippen molar-refractivity contribution in [2.24, 2.45) is 0 Å². The van der Waals surface area contributed by atoms with E-state index in [1.807, 2.05) is 62.4 Å². The van der Waals surface area contributed by atoms with Crippen molar-refractivity contribution in [2.75, 3.05) is 7.05 Å². The van der Waals surface area contributed by atoms with Gasteiger partial charge in [0.05, 0.1) is 6.42 Å². The van der Waals surface area contributed by atoms with Crippen LogP contribution < -0.4 is 5.32 Å². The molecule has 2 amide bonds. The van der Waals surface area contributed by atoms with Crippen LogP contribution in [-0.2, 0) is 22.6 Å². The maximum atomic E-state index is 13.0. The monoisotopic (exact) mass is 338 g/mol. The SMILES string of the molecule is CC[C@@H](C(=O)NC)N(Cc1cccc(C)c1)C(=O)Cc1ccccc1. The number of hydrogen-bond donors (Lipinski definition) is 1. The van der Waals surface area contributed by atoms with Crippen molar-refractivity contribution in [3.8, 4) is 0 Å².